The van der Waals surface area contributed by atoms with Crippen molar-refractivity contribution < 1.29 is 13.3 Å². The first-order valence-corrected chi connectivity index (χ1v) is 8.11. The van der Waals surface area contributed by atoms with Gasteiger partial charge < -0.3 is 24.3 Å². The second-order valence-electron chi connectivity index (χ2n) is 4.67. The molecule has 1 aliphatic heterocycles. The lowest BCUT2D eigenvalue weighted by Crippen LogP contribution is -2.36. The maximum atomic E-state index is 5.85. The van der Waals surface area contributed by atoms with E-state index in [1.165, 1.54) is 32.2 Å². The molecule has 0 radical (unpaired) electrons. The molecular formula is C12H30N2O3Si. The molecule has 2 unspecified atom stereocenters. The Morgan fingerprint density at radius 3 is 2.17 bits per heavy atom. The minimum atomic E-state index is -1.67. The topological polar surface area (TPSA) is 65.7 Å². The molecule has 0 spiro atoms. The van der Waals surface area contributed by atoms with Crippen LogP contribution < -0.4 is 11.1 Å². The maximum Gasteiger partial charge on any atom is 0.483 e. The zero-order chi connectivity index (χ0) is 13.8. The van der Waals surface area contributed by atoms with Crippen LogP contribution in [0.2, 0.25) is 0 Å². The summed E-state index contributed by atoms with van der Waals surface area (Å²) in [6.45, 7) is 4.43. The molecule has 0 aromatic heterocycles. The van der Waals surface area contributed by atoms with Gasteiger partial charge in [-0.05, 0) is 38.8 Å². The molecule has 2 atom stereocenters. The van der Waals surface area contributed by atoms with E-state index >= 15 is 0 Å². The summed E-state index contributed by atoms with van der Waals surface area (Å²) in [4.78, 5) is 0. The second-order valence-corrected chi connectivity index (χ2v) is 6.66. The van der Waals surface area contributed by atoms with Gasteiger partial charge in [0.05, 0.1) is 0 Å². The van der Waals surface area contributed by atoms with Gasteiger partial charge in [-0.1, -0.05) is 12.8 Å². The van der Waals surface area contributed by atoms with E-state index < -0.39 is 9.53 Å². The van der Waals surface area contributed by atoms with Crippen molar-refractivity contribution in [1.82, 2.24) is 5.32 Å². The Kier molecular flexibility index (Phi) is 12.1. The van der Waals surface area contributed by atoms with Crippen molar-refractivity contribution in [1.29, 1.82) is 0 Å². The van der Waals surface area contributed by atoms with Crippen molar-refractivity contribution in [2.24, 2.45) is 11.7 Å². The van der Waals surface area contributed by atoms with E-state index in [0.717, 1.165) is 6.54 Å². The summed E-state index contributed by atoms with van der Waals surface area (Å²) in [5.41, 5.74) is 5.85. The van der Waals surface area contributed by atoms with Crippen LogP contribution in [0, 0.1) is 5.92 Å². The summed E-state index contributed by atoms with van der Waals surface area (Å²) in [7, 11) is 3.05. The monoisotopic (exact) mass is 278 g/mol. The van der Waals surface area contributed by atoms with Crippen molar-refractivity contribution in [3.05, 3.63) is 0 Å². The molecule has 1 fully saturated rings. The van der Waals surface area contributed by atoms with Gasteiger partial charge in [-0.3, -0.25) is 0 Å². The normalized spacial score (nSPS) is 22.7. The number of nitrogens with one attached hydrogen (secondary N) is 1. The zero-order valence-corrected chi connectivity index (χ0v) is 13.4. The number of nitrogens with two attached hydrogens (primary N) is 1. The summed E-state index contributed by atoms with van der Waals surface area (Å²) in [5, 5.41) is 3.44. The van der Waals surface area contributed by atoms with Gasteiger partial charge in [-0.2, -0.15) is 0 Å². The van der Waals surface area contributed by atoms with Gasteiger partial charge in [0.1, 0.15) is 0 Å². The third kappa shape index (κ3) is 9.01. The molecule has 5 nitrogen and oxygen atoms in total. The number of hydrogen-bond acceptors (Lipinski definition) is 5. The van der Waals surface area contributed by atoms with E-state index in [1.54, 1.807) is 21.3 Å². The smallest absolute Gasteiger partial charge is 0.379 e. The van der Waals surface area contributed by atoms with E-state index in [9.17, 15) is 0 Å². The average Bonchev–Trinajstić information content (AvgIpc) is 2.31. The quantitative estimate of drug-likeness (QED) is 0.743. The van der Waals surface area contributed by atoms with Crippen molar-refractivity contribution in [2.45, 2.75) is 38.6 Å². The van der Waals surface area contributed by atoms with Crippen molar-refractivity contribution in [3.63, 3.8) is 0 Å². The lowest BCUT2D eigenvalue weighted by molar-refractivity contribution is 0.163. The lowest BCUT2D eigenvalue weighted by atomic mass is 9.93. The molecule has 1 rings (SSSR count). The van der Waals surface area contributed by atoms with E-state index in [-0.39, 0.29) is 0 Å². The summed E-state index contributed by atoms with van der Waals surface area (Å²) in [6, 6.07) is 0.362. The molecule has 1 saturated heterocycles. The highest BCUT2D eigenvalue weighted by Gasteiger charge is 2.14. The van der Waals surface area contributed by atoms with Crippen LogP contribution in [0.5, 0.6) is 0 Å². The lowest BCUT2D eigenvalue weighted by Gasteiger charge is -2.23. The van der Waals surface area contributed by atoms with Gasteiger partial charge in [0.15, 0.2) is 0 Å². The summed E-state index contributed by atoms with van der Waals surface area (Å²) < 4.78 is 14.2. The van der Waals surface area contributed by atoms with E-state index in [0.29, 0.717) is 12.0 Å². The molecule has 6 heteroatoms. The summed E-state index contributed by atoms with van der Waals surface area (Å²) >= 11 is 0. The summed E-state index contributed by atoms with van der Waals surface area (Å²) in [6.07, 6.45) is 5.39. The Labute approximate surface area is 113 Å². The standard InChI is InChI=1S/C9H20N2.C3H10O3Si/c1-8(10)9-5-3-2-4-6-11-7-9;1-4-7(5-2)6-3/h8-9,11H,2-7,10H2,1H3;7H,1-3H3. The van der Waals surface area contributed by atoms with Crippen LogP contribution in [0.15, 0.2) is 0 Å². The molecule has 110 valence electrons. The first-order chi connectivity index (χ1) is 8.65. The van der Waals surface area contributed by atoms with Crippen molar-refractivity contribution in [2.75, 3.05) is 34.4 Å². The fraction of sp³-hybridized carbons (Fsp3) is 1.00. The van der Waals surface area contributed by atoms with Gasteiger partial charge in [-0.25, -0.2) is 0 Å². The highest BCUT2D eigenvalue weighted by Crippen LogP contribution is 2.13. The van der Waals surface area contributed by atoms with Gasteiger partial charge in [0, 0.05) is 27.4 Å². The van der Waals surface area contributed by atoms with Crippen LogP contribution in [0.25, 0.3) is 0 Å². The number of rotatable bonds is 4. The van der Waals surface area contributed by atoms with Gasteiger partial charge in [0.2, 0.25) is 0 Å². The second kappa shape index (κ2) is 12.1. The Balaban J connectivity index is 0.000000360. The predicted molar refractivity (Wildman–Crippen MR) is 76.7 cm³/mol. The van der Waals surface area contributed by atoms with Gasteiger partial charge >= 0.3 is 9.53 Å². The molecule has 0 aromatic rings. The molecule has 1 aliphatic rings. The fourth-order valence-corrected chi connectivity index (χ4v) is 2.54. The molecular weight excluding hydrogens is 248 g/mol. The van der Waals surface area contributed by atoms with Crippen LogP contribution >= 0.6 is 0 Å². The molecule has 0 saturated carbocycles. The predicted octanol–water partition coefficient (Wildman–Crippen LogP) is 0.756. The maximum absolute atomic E-state index is 5.85. The number of hydrogen-bond donors (Lipinski definition) is 2. The molecule has 0 amide bonds. The SMILES string of the molecule is CC(N)C1CCCCCNC1.CO[SiH](OC)OC. The molecule has 3 N–H and O–H groups in total. The van der Waals surface area contributed by atoms with Crippen molar-refractivity contribution >= 4 is 9.53 Å². The molecule has 18 heavy (non-hydrogen) atoms. The van der Waals surface area contributed by atoms with E-state index in [2.05, 4.69) is 12.2 Å². The minimum Gasteiger partial charge on any atom is -0.379 e. The highest BCUT2D eigenvalue weighted by atomic mass is 28.3. The molecule has 1 heterocycles. The van der Waals surface area contributed by atoms with Crippen LogP contribution in [0.4, 0.5) is 0 Å². The Hall–Kier alpha value is 0.0169. The molecule has 0 bridgehead atoms. The first kappa shape index (κ1) is 18.0. The van der Waals surface area contributed by atoms with Gasteiger partial charge in [0.25, 0.3) is 0 Å². The molecule has 0 aromatic carbocycles. The molecule has 0 aliphatic carbocycles. The third-order valence-electron chi connectivity index (χ3n) is 3.16. The first-order valence-electron chi connectivity index (χ1n) is 6.70. The minimum absolute atomic E-state index is 0.362. The zero-order valence-electron chi connectivity index (χ0n) is 12.3. The Morgan fingerprint density at radius 1 is 1.11 bits per heavy atom. The Bertz CT molecular complexity index is 167. The van der Waals surface area contributed by atoms with Crippen LogP contribution in [-0.2, 0) is 13.3 Å². The third-order valence-corrected chi connectivity index (χ3v) is 4.31. The largest absolute Gasteiger partial charge is 0.483 e. The fourth-order valence-electron chi connectivity index (χ4n) is 1.96. The van der Waals surface area contributed by atoms with Gasteiger partial charge in [-0.15, -0.1) is 0 Å². The highest BCUT2D eigenvalue weighted by molar-refractivity contribution is 6.36. The van der Waals surface area contributed by atoms with E-state index in [1.807, 2.05) is 0 Å². The average molecular weight is 278 g/mol. The van der Waals surface area contributed by atoms with Crippen LogP contribution in [-0.4, -0.2) is 50.0 Å². The Morgan fingerprint density at radius 2 is 1.72 bits per heavy atom. The van der Waals surface area contributed by atoms with Crippen LogP contribution in [0.1, 0.15) is 32.6 Å². The summed E-state index contributed by atoms with van der Waals surface area (Å²) in [5.74, 6) is 0.704. The van der Waals surface area contributed by atoms with E-state index in [4.69, 9.17) is 19.0 Å². The van der Waals surface area contributed by atoms with Crippen molar-refractivity contribution in [3.8, 4) is 0 Å². The van der Waals surface area contributed by atoms with Crippen LogP contribution in [0.3, 0.4) is 0 Å².